The predicted octanol–water partition coefficient (Wildman–Crippen LogP) is 2.99. The van der Waals surface area contributed by atoms with Gasteiger partial charge in [0.2, 0.25) is 0 Å². The van der Waals surface area contributed by atoms with Gasteiger partial charge in [0.25, 0.3) is 0 Å². The Bertz CT molecular complexity index is 1040. The molecule has 2 amide bonds. The van der Waals surface area contributed by atoms with Crippen molar-refractivity contribution in [2.75, 3.05) is 31.1 Å². The molecular formula is C21H22N6O. The van der Waals surface area contributed by atoms with Gasteiger partial charge in [-0.1, -0.05) is 12.1 Å². The van der Waals surface area contributed by atoms with E-state index in [1.54, 1.807) is 6.20 Å². The Morgan fingerprint density at radius 2 is 2.07 bits per heavy atom. The van der Waals surface area contributed by atoms with Crippen LogP contribution in [0.3, 0.4) is 0 Å². The number of aromatic amines is 1. The first-order chi connectivity index (χ1) is 13.8. The summed E-state index contributed by atoms with van der Waals surface area (Å²) in [5, 5.41) is 11.1. The molecule has 2 aliphatic rings. The summed E-state index contributed by atoms with van der Waals surface area (Å²) >= 11 is 0. The molecule has 5 rings (SSSR count). The van der Waals surface area contributed by atoms with Gasteiger partial charge in [-0.3, -0.25) is 10.00 Å². The Kier molecular flexibility index (Phi) is 4.29. The van der Waals surface area contributed by atoms with Crippen molar-refractivity contribution in [1.82, 2.24) is 25.4 Å². The predicted molar refractivity (Wildman–Crippen MR) is 109 cm³/mol. The van der Waals surface area contributed by atoms with Crippen LogP contribution in [0.4, 0.5) is 10.5 Å². The summed E-state index contributed by atoms with van der Waals surface area (Å²) in [6.07, 6.45) is 8.60. The van der Waals surface area contributed by atoms with E-state index in [2.05, 4.69) is 26.6 Å². The Labute approximate surface area is 163 Å². The molecule has 4 heterocycles. The van der Waals surface area contributed by atoms with Crippen LogP contribution in [0.5, 0.6) is 0 Å². The molecule has 0 unspecified atom stereocenters. The number of H-pyrrole nitrogens is 1. The highest BCUT2D eigenvalue weighted by Gasteiger charge is 2.25. The van der Waals surface area contributed by atoms with Crippen LogP contribution in [-0.4, -0.2) is 52.3 Å². The molecule has 7 nitrogen and oxygen atoms in total. The van der Waals surface area contributed by atoms with Crippen LogP contribution < -0.4 is 10.2 Å². The number of pyridine rings is 1. The summed E-state index contributed by atoms with van der Waals surface area (Å²) in [6.45, 7) is 3.47. The number of anilines is 1. The van der Waals surface area contributed by atoms with Gasteiger partial charge in [-0.2, -0.15) is 5.10 Å². The van der Waals surface area contributed by atoms with Gasteiger partial charge < -0.3 is 10.2 Å². The molecule has 0 saturated carbocycles. The number of hydrogen-bond donors (Lipinski definition) is 2. The van der Waals surface area contributed by atoms with E-state index in [4.69, 9.17) is 0 Å². The first-order valence-electron chi connectivity index (χ1n) is 9.63. The van der Waals surface area contributed by atoms with Crippen LogP contribution >= 0.6 is 0 Å². The van der Waals surface area contributed by atoms with Crippen molar-refractivity contribution < 1.29 is 4.79 Å². The van der Waals surface area contributed by atoms with Crippen molar-refractivity contribution in [2.45, 2.75) is 6.42 Å². The fourth-order valence-corrected chi connectivity index (χ4v) is 3.68. The van der Waals surface area contributed by atoms with E-state index in [0.29, 0.717) is 12.5 Å². The molecule has 3 aromatic rings. The van der Waals surface area contributed by atoms with E-state index in [1.807, 2.05) is 52.5 Å². The van der Waals surface area contributed by atoms with Crippen molar-refractivity contribution in [1.29, 1.82) is 0 Å². The minimum atomic E-state index is 0.0374. The average molecular weight is 374 g/mol. The molecule has 0 radical (unpaired) electrons. The summed E-state index contributed by atoms with van der Waals surface area (Å²) in [6, 6.07) is 10.2. The van der Waals surface area contributed by atoms with Crippen LogP contribution in [-0.2, 0) is 0 Å². The second kappa shape index (κ2) is 7.09. The number of fused-ring (bicyclic) bond motifs is 1. The molecule has 0 bridgehead atoms. The van der Waals surface area contributed by atoms with Gasteiger partial charge in [0.05, 0.1) is 6.20 Å². The van der Waals surface area contributed by atoms with E-state index < -0.39 is 0 Å². The van der Waals surface area contributed by atoms with Gasteiger partial charge in [-0.15, -0.1) is 0 Å². The average Bonchev–Trinajstić information content (AvgIpc) is 3.16. The summed E-state index contributed by atoms with van der Waals surface area (Å²) in [4.78, 5) is 21.1. The highest BCUT2D eigenvalue weighted by atomic mass is 16.2. The summed E-state index contributed by atoms with van der Waals surface area (Å²) in [5.74, 6) is 0.685. The van der Waals surface area contributed by atoms with Crippen LogP contribution in [0.2, 0.25) is 0 Å². The normalized spacial score (nSPS) is 17.4. The third-order valence-electron chi connectivity index (χ3n) is 5.48. The second-order valence-electron chi connectivity index (χ2n) is 7.37. The van der Waals surface area contributed by atoms with Gasteiger partial charge in [-0.05, 0) is 55.3 Å². The van der Waals surface area contributed by atoms with Crippen molar-refractivity contribution in [3.63, 3.8) is 0 Å². The Morgan fingerprint density at radius 3 is 2.93 bits per heavy atom. The molecule has 28 heavy (non-hydrogen) atoms. The smallest absolute Gasteiger partial charge is 0.316 e. The Balaban J connectivity index is 1.37. The van der Waals surface area contributed by atoms with E-state index in [-0.39, 0.29) is 6.03 Å². The molecule has 1 saturated heterocycles. The van der Waals surface area contributed by atoms with Crippen molar-refractivity contribution in [3.8, 4) is 11.1 Å². The number of hydrogen-bond acceptors (Lipinski definition) is 4. The summed E-state index contributed by atoms with van der Waals surface area (Å²) in [5.41, 5.74) is 3.70. The Morgan fingerprint density at radius 1 is 1.14 bits per heavy atom. The zero-order chi connectivity index (χ0) is 18.9. The number of nitrogens with zero attached hydrogens (tertiary/aromatic N) is 4. The largest absolute Gasteiger partial charge is 0.328 e. The molecule has 2 aliphatic heterocycles. The highest BCUT2D eigenvalue weighted by Crippen LogP contribution is 2.28. The van der Waals surface area contributed by atoms with Crippen molar-refractivity contribution in [2.24, 2.45) is 5.92 Å². The van der Waals surface area contributed by atoms with E-state index >= 15 is 0 Å². The van der Waals surface area contributed by atoms with Crippen LogP contribution in [0, 0.1) is 5.92 Å². The van der Waals surface area contributed by atoms with Gasteiger partial charge in [0, 0.05) is 42.1 Å². The number of nitrogens with one attached hydrogen (secondary N) is 2. The molecule has 0 atom stereocenters. The number of urea groups is 1. The fraction of sp³-hybridized carbons (Fsp3) is 0.286. The zero-order valence-electron chi connectivity index (χ0n) is 15.5. The first-order valence-corrected chi connectivity index (χ1v) is 9.63. The molecule has 2 N–H and O–H groups in total. The molecule has 2 aromatic heterocycles. The van der Waals surface area contributed by atoms with Gasteiger partial charge >= 0.3 is 6.03 Å². The zero-order valence-corrected chi connectivity index (χ0v) is 15.5. The lowest BCUT2D eigenvalue weighted by molar-refractivity contribution is 0.212. The summed E-state index contributed by atoms with van der Waals surface area (Å²) in [7, 11) is 0. The summed E-state index contributed by atoms with van der Waals surface area (Å²) < 4.78 is 0. The van der Waals surface area contributed by atoms with Crippen molar-refractivity contribution in [3.05, 3.63) is 55.0 Å². The molecule has 0 spiro atoms. The second-order valence-corrected chi connectivity index (χ2v) is 7.37. The monoisotopic (exact) mass is 374 g/mol. The fourth-order valence-electron chi connectivity index (χ4n) is 3.68. The minimum Gasteiger partial charge on any atom is -0.316 e. The molecule has 0 aliphatic carbocycles. The molecule has 1 fully saturated rings. The lowest BCUT2D eigenvalue weighted by Gasteiger charge is -2.34. The number of rotatable bonds is 5. The number of aromatic nitrogens is 3. The van der Waals surface area contributed by atoms with Gasteiger partial charge in [0.1, 0.15) is 0 Å². The SMILES string of the molecule is O=C1N(CCC2CNC2)C=CCN1c1cccc(-c2cnc3[nH]ncc3c2)c1. The van der Waals surface area contributed by atoms with Gasteiger partial charge in [-0.25, -0.2) is 9.78 Å². The Hall–Kier alpha value is -3.19. The first kappa shape index (κ1) is 16.9. The number of amides is 2. The molecule has 1 aromatic carbocycles. The minimum absolute atomic E-state index is 0.0374. The third kappa shape index (κ3) is 3.14. The lowest BCUT2D eigenvalue weighted by atomic mass is 9.99. The third-order valence-corrected chi connectivity index (χ3v) is 5.48. The maximum atomic E-state index is 13.0. The van der Waals surface area contributed by atoms with Gasteiger partial charge in [0.15, 0.2) is 5.65 Å². The quantitative estimate of drug-likeness (QED) is 0.720. The number of benzene rings is 1. The van der Waals surface area contributed by atoms with Crippen molar-refractivity contribution >= 4 is 22.8 Å². The van der Waals surface area contributed by atoms with E-state index in [0.717, 1.165) is 53.9 Å². The molecule has 7 heteroatoms. The van der Waals surface area contributed by atoms with E-state index in [9.17, 15) is 4.79 Å². The maximum absolute atomic E-state index is 13.0. The highest BCUT2D eigenvalue weighted by molar-refractivity contribution is 5.94. The topological polar surface area (TPSA) is 77.2 Å². The number of carbonyl (C=O) groups is 1. The lowest BCUT2D eigenvalue weighted by Crippen LogP contribution is -2.47. The van der Waals surface area contributed by atoms with Crippen LogP contribution in [0.25, 0.3) is 22.2 Å². The number of carbonyl (C=O) groups excluding carboxylic acids is 1. The van der Waals surface area contributed by atoms with E-state index in [1.165, 1.54) is 0 Å². The maximum Gasteiger partial charge on any atom is 0.328 e. The van der Waals surface area contributed by atoms with Crippen LogP contribution in [0.1, 0.15) is 6.42 Å². The molecular weight excluding hydrogens is 352 g/mol. The molecule has 142 valence electrons. The standard InChI is InChI=1S/C21H22N6O/c28-21-26(8-5-15-11-22-12-15)6-2-7-27(21)19-4-1-3-16(10-19)17-9-18-14-24-25-20(18)23-13-17/h1-4,6,9-10,13-15,22H,5,7-8,11-12H2,(H,23,24,25). The van der Waals surface area contributed by atoms with Crippen LogP contribution in [0.15, 0.2) is 55.0 Å².